The van der Waals surface area contributed by atoms with Crippen LogP contribution >= 0.6 is 22.7 Å². The van der Waals surface area contributed by atoms with E-state index in [9.17, 15) is 15.0 Å². The fraction of sp³-hybridized carbons (Fsp3) is 0.525. The second kappa shape index (κ2) is 22.3. The molecule has 0 aliphatic carbocycles. The van der Waals surface area contributed by atoms with Crippen molar-refractivity contribution in [3.63, 3.8) is 0 Å². The van der Waals surface area contributed by atoms with Crippen LogP contribution in [0.1, 0.15) is 65.7 Å². The number of thiazole rings is 2. The Morgan fingerprint density at radius 3 is 2.24 bits per heavy atom. The van der Waals surface area contributed by atoms with E-state index in [0.29, 0.717) is 57.8 Å². The Hall–Kier alpha value is -3.31. The maximum absolute atomic E-state index is 13.0. The van der Waals surface area contributed by atoms with Gasteiger partial charge in [0.05, 0.1) is 40.3 Å². The highest BCUT2D eigenvalue weighted by Crippen LogP contribution is 2.20. The van der Waals surface area contributed by atoms with Gasteiger partial charge in [-0.2, -0.15) is 0 Å². The minimum atomic E-state index is -1.01. The van der Waals surface area contributed by atoms with Crippen LogP contribution in [-0.2, 0) is 35.5 Å². The molecular formula is C40H57N7O5S2. The molecule has 0 spiro atoms. The van der Waals surface area contributed by atoms with Gasteiger partial charge in [0.15, 0.2) is 6.35 Å². The molecule has 0 radical (unpaired) electrons. The molecule has 1 amide bonds. The van der Waals surface area contributed by atoms with E-state index >= 15 is 0 Å². The molecule has 2 aromatic heterocycles. The van der Waals surface area contributed by atoms with Gasteiger partial charge in [-0.3, -0.25) is 25.4 Å². The van der Waals surface area contributed by atoms with Gasteiger partial charge in [0.25, 0.3) is 0 Å². The number of hydrogen-bond acceptors (Lipinski definition) is 13. The van der Waals surface area contributed by atoms with Gasteiger partial charge in [-0.25, -0.2) is 9.78 Å². The Morgan fingerprint density at radius 1 is 0.944 bits per heavy atom. The highest BCUT2D eigenvalue weighted by Gasteiger charge is 2.28. The molecule has 5 atom stereocenters. The van der Waals surface area contributed by atoms with E-state index in [1.165, 1.54) is 11.3 Å². The quantitative estimate of drug-likeness (QED) is 0.0692. The van der Waals surface area contributed by atoms with Gasteiger partial charge in [-0.05, 0) is 56.8 Å². The van der Waals surface area contributed by atoms with E-state index < -0.39 is 24.7 Å². The van der Waals surface area contributed by atoms with E-state index in [1.54, 1.807) is 23.0 Å². The van der Waals surface area contributed by atoms with Gasteiger partial charge in [-0.15, -0.1) is 22.7 Å². The molecule has 54 heavy (non-hydrogen) atoms. The minimum absolute atomic E-state index is 0.136. The molecule has 1 aliphatic heterocycles. The molecule has 0 saturated carbocycles. The van der Waals surface area contributed by atoms with Crippen molar-refractivity contribution in [2.24, 2.45) is 0 Å². The fourth-order valence-electron chi connectivity index (χ4n) is 6.49. The van der Waals surface area contributed by atoms with Gasteiger partial charge >= 0.3 is 6.09 Å². The molecule has 14 heteroatoms. The molecule has 0 bridgehead atoms. The summed E-state index contributed by atoms with van der Waals surface area (Å²) in [5, 5.41) is 36.4. The maximum Gasteiger partial charge on any atom is 0.407 e. The third-order valence-electron chi connectivity index (χ3n) is 9.57. The van der Waals surface area contributed by atoms with Gasteiger partial charge in [-0.1, -0.05) is 74.5 Å². The maximum atomic E-state index is 13.0. The van der Waals surface area contributed by atoms with Crippen LogP contribution < -0.4 is 16.0 Å². The second-order valence-electron chi connectivity index (χ2n) is 14.3. The predicted molar refractivity (Wildman–Crippen MR) is 214 cm³/mol. The number of aliphatic hydroxyl groups excluding tert-OH is 2. The number of nitrogens with one attached hydrogen (secondary N) is 3. The standard InChI is InChI=1S/C40H57N7O5S2/c1-29(2)38-43-34(27-53-38)25-46(3)39(49)45-36(16-17-47-18-20-51-21-19-47)37(48)42-32(22-30-10-6-4-7-11-30)14-15-33(23-31-12-8-5-9-13-31)44-40(50)52-26-35-24-41-28-54-35/h4-13,24,27-29,32-33,36-37,39,42,45,48-49H,14-23,25-26H2,1-3H3,(H,44,50)/t32-,33?,36+,37+,39+/m1/s1. The number of aromatic nitrogens is 2. The molecule has 5 rings (SSSR count). The molecular weight excluding hydrogens is 723 g/mol. The fourth-order valence-corrected chi connectivity index (χ4v) is 7.82. The van der Waals surface area contributed by atoms with Crippen molar-refractivity contribution in [1.29, 1.82) is 0 Å². The van der Waals surface area contributed by atoms with Crippen LogP contribution in [0.15, 0.2) is 77.8 Å². The van der Waals surface area contributed by atoms with Crippen molar-refractivity contribution in [3.8, 4) is 0 Å². The third kappa shape index (κ3) is 14.4. The van der Waals surface area contributed by atoms with Crippen LogP contribution in [0.25, 0.3) is 0 Å². The first-order valence-electron chi connectivity index (χ1n) is 18.9. The molecule has 3 heterocycles. The average Bonchev–Trinajstić information content (AvgIpc) is 3.89. The van der Waals surface area contributed by atoms with E-state index in [4.69, 9.17) is 14.5 Å². The Balaban J connectivity index is 1.27. The Morgan fingerprint density at radius 2 is 1.61 bits per heavy atom. The number of benzene rings is 2. The number of nitrogens with zero attached hydrogens (tertiary/aromatic N) is 4. The summed E-state index contributed by atoms with van der Waals surface area (Å²) in [6, 6.07) is 19.5. The van der Waals surface area contributed by atoms with Gasteiger partial charge in [0.2, 0.25) is 0 Å². The summed E-state index contributed by atoms with van der Waals surface area (Å²) >= 11 is 3.08. The number of morpholine rings is 1. The SMILES string of the molecule is CC(C)c1nc(CN(C)[C@@H](O)N[C@@H](CCN2CCOCC2)[C@H](O)N[C@H](CCC(Cc2ccccc2)NC(=O)OCc2cncs2)Cc2ccccc2)cs1. The highest BCUT2D eigenvalue weighted by atomic mass is 32.1. The summed E-state index contributed by atoms with van der Waals surface area (Å²) in [4.78, 5) is 26.8. The monoisotopic (exact) mass is 779 g/mol. The summed E-state index contributed by atoms with van der Waals surface area (Å²) in [5.41, 5.74) is 4.88. The Kier molecular flexibility index (Phi) is 17.3. The van der Waals surface area contributed by atoms with Crippen LogP contribution in [-0.4, -0.2) is 107 Å². The van der Waals surface area contributed by atoms with Crippen molar-refractivity contribution in [2.45, 2.75) is 95.7 Å². The number of amides is 1. The summed E-state index contributed by atoms with van der Waals surface area (Å²) < 4.78 is 11.1. The zero-order chi connectivity index (χ0) is 38.1. The first kappa shape index (κ1) is 41.8. The van der Waals surface area contributed by atoms with Crippen LogP contribution in [0.2, 0.25) is 0 Å². The van der Waals surface area contributed by atoms with Crippen molar-refractivity contribution < 1.29 is 24.5 Å². The lowest BCUT2D eigenvalue weighted by Gasteiger charge is -2.35. The molecule has 1 aliphatic rings. The lowest BCUT2D eigenvalue weighted by atomic mass is 9.95. The van der Waals surface area contributed by atoms with Crippen LogP contribution in [0, 0.1) is 0 Å². The average molecular weight is 780 g/mol. The van der Waals surface area contributed by atoms with Crippen LogP contribution in [0.4, 0.5) is 4.79 Å². The number of alkyl carbamates (subject to hydrolysis) is 1. The lowest BCUT2D eigenvalue weighted by Crippen LogP contribution is -2.58. The molecule has 1 saturated heterocycles. The zero-order valence-corrected chi connectivity index (χ0v) is 33.3. The number of carbonyl (C=O) groups excluding carboxylic acids is 1. The first-order valence-corrected chi connectivity index (χ1v) is 20.7. The van der Waals surface area contributed by atoms with Crippen molar-refractivity contribution >= 4 is 28.8 Å². The molecule has 4 aromatic rings. The summed E-state index contributed by atoms with van der Waals surface area (Å²) in [5.74, 6) is 0.346. The number of ether oxygens (including phenoxy) is 2. The lowest BCUT2D eigenvalue weighted by molar-refractivity contribution is -0.0450. The molecule has 2 aromatic carbocycles. The second-order valence-corrected chi connectivity index (χ2v) is 16.1. The predicted octanol–water partition coefficient (Wildman–Crippen LogP) is 4.95. The molecule has 294 valence electrons. The number of rotatable bonds is 22. The van der Waals surface area contributed by atoms with Crippen molar-refractivity contribution in [3.05, 3.63) is 104 Å². The van der Waals surface area contributed by atoms with E-state index in [1.807, 2.05) is 53.7 Å². The van der Waals surface area contributed by atoms with Gasteiger partial charge in [0.1, 0.15) is 12.8 Å². The third-order valence-corrected chi connectivity index (χ3v) is 11.5. The van der Waals surface area contributed by atoms with E-state index in [-0.39, 0.29) is 18.7 Å². The summed E-state index contributed by atoms with van der Waals surface area (Å²) in [7, 11) is 1.85. The van der Waals surface area contributed by atoms with E-state index in [0.717, 1.165) is 46.3 Å². The molecule has 1 fully saturated rings. The number of carbonyl (C=O) groups is 1. The Bertz CT molecular complexity index is 1610. The van der Waals surface area contributed by atoms with Crippen molar-refractivity contribution in [2.75, 3.05) is 39.9 Å². The summed E-state index contributed by atoms with van der Waals surface area (Å²) in [6.07, 6.45) is 2.47. The largest absolute Gasteiger partial charge is 0.444 e. The van der Waals surface area contributed by atoms with Gasteiger partial charge < -0.3 is 25.0 Å². The zero-order valence-electron chi connectivity index (χ0n) is 31.7. The molecule has 12 nitrogen and oxygen atoms in total. The number of hydrogen-bond donors (Lipinski definition) is 5. The molecule has 1 unspecified atom stereocenters. The Labute approximate surface area is 327 Å². The smallest absolute Gasteiger partial charge is 0.407 e. The summed E-state index contributed by atoms with van der Waals surface area (Å²) in [6.45, 7) is 8.67. The van der Waals surface area contributed by atoms with Crippen molar-refractivity contribution in [1.82, 2.24) is 35.7 Å². The number of aliphatic hydroxyl groups is 2. The minimum Gasteiger partial charge on any atom is -0.444 e. The molecule has 5 N–H and O–H groups in total. The topological polar surface area (TPSA) is 144 Å². The van der Waals surface area contributed by atoms with E-state index in [2.05, 4.69) is 63.9 Å². The van der Waals surface area contributed by atoms with Crippen LogP contribution in [0.3, 0.4) is 0 Å². The first-order chi connectivity index (χ1) is 26.2. The normalized spacial score (nSPS) is 16.6. The van der Waals surface area contributed by atoms with Gasteiger partial charge in [0, 0.05) is 49.2 Å². The highest BCUT2D eigenvalue weighted by molar-refractivity contribution is 7.09. The van der Waals surface area contributed by atoms with Crippen LogP contribution in [0.5, 0.6) is 0 Å².